The van der Waals surface area contributed by atoms with Crippen LogP contribution in [0.5, 0.6) is 0 Å². The Morgan fingerprint density at radius 3 is 2.39 bits per heavy atom. The zero-order chi connectivity index (χ0) is 16.3. The molecule has 7 heteroatoms. The molecule has 4 heterocycles. The maximum absolute atomic E-state index is 12.5. The second-order valence-electron chi connectivity index (χ2n) is 6.69. The number of nitrogens with one attached hydrogen (secondary N) is 1. The number of hydrazine groups is 1. The predicted molar refractivity (Wildman–Crippen MR) is 82.6 cm³/mol. The molecule has 0 aliphatic carbocycles. The van der Waals surface area contributed by atoms with E-state index in [0.717, 1.165) is 22.7 Å². The van der Waals surface area contributed by atoms with Crippen molar-refractivity contribution in [2.75, 3.05) is 0 Å². The van der Waals surface area contributed by atoms with E-state index in [-0.39, 0.29) is 24.0 Å². The maximum atomic E-state index is 12.5. The highest BCUT2D eigenvalue weighted by Crippen LogP contribution is 2.48. The molecular weight excluding hydrogens is 316 g/mol. The van der Waals surface area contributed by atoms with E-state index >= 15 is 0 Å². The molecule has 4 rings (SSSR count). The van der Waals surface area contributed by atoms with Gasteiger partial charge in [0.1, 0.15) is 0 Å². The number of fused-ring (bicyclic) bond motifs is 5. The first-order valence-electron chi connectivity index (χ1n) is 7.90. The summed E-state index contributed by atoms with van der Waals surface area (Å²) in [5, 5.41) is 2.67. The first-order chi connectivity index (χ1) is 11.0. The van der Waals surface area contributed by atoms with Gasteiger partial charge in [0.05, 0.1) is 29.6 Å². The molecule has 0 radical (unpaired) electrons. The summed E-state index contributed by atoms with van der Waals surface area (Å²) in [6, 6.07) is 1.81. The molecular formula is C16H18N2O4S. The number of carbonyl (C=O) groups excluding carboxylic acids is 3. The van der Waals surface area contributed by atoms with Gasteiger partial charge in [-0.05, 0) is 24.8 Å². The Morgan fingerprint density at radius 1 is 1.26 bits per heavy atom. The smallest absolute Gasteiger partial charge is 0.271 e. The molecule has 0 unspecified atom stereocenters. The van der Waals surface area contributed by atoms with Crippen LogP contribution in [-0.4, -0.2) is 34.9 Å². The molecule has 3 saturated heterocycles. The summed E-state index contributed by atoms with van der Waals surface area (Å²) in [7, 11) is 0. The molecule has 6 nitrogen and oxygen atoms in total. The van der Waals surface area contributed by atoms with E-state index in [4.69, 9.17) is 4.74 Å². The fourth-order valence-electron chi connectivity index (χ4n) is 3.76. The molecule has 1 N–H and O–H groups in total. The minimum Gasteiger partial charge on any atom is -0.373 e. The molecule has 0 spiro atoms. The Hall–Kier alpha value is -1.73. The summed E-state index contributed by atoms with van der Waals surface area (Å²) in [5.74, 6) is -1.59. The molecule has 1 aromatic rings. The molecule has 0 aromatic carbocycles. The van der Waals surface area contributed by atoms with Crippen molar-refractivity contribution in [1.29, 1.82) is 0 Å². The molecule has 2 bridgehead atoms. The maximum Gasteiger partial charge on any atom is 0.271 e. The van der Waals surface area contributed by atoms with Gasteiger partial charge in [0, 0.05) is 10.3 Å². The standard InChI is InChI=1S/C16H18N2O4S/c1-7(2)11-5-8(6-23-11)14(19)17-18-15(20)12-9-3-4-10(22-9)13(12)16(18)21/h5-7,9-10,12-13H,3-4H2,1-2H3,(H,17,19)/t9-,10-,12-,13+/m1/s1. The van der Waals surface area contributed by atoms with E-state index in [9.17, 15) is 14.4 Å². The SMILES string of the molecule is CC(C)c1cc(C(=O)NN2C(=O)[C@@H]3[C@H](C2=O)[C@H]2CC[C@H]3O2)cs1. The van der Waals surface area contributed by atoms with Crippen molar-refractivity contribution >= 4 is 29.1 Å². The van der Waals surface area contributed by atoms with E-state index < -0.39 is 17.7 Å². The monoisotopic (exact) mass is 334 g/mol. The van der Waals surface area contributed by atoms with Crippen LogP contribution in [0, 0.1) is 11.8 Å². The minimum absolute atomic E-state index is 0.169. The molecule has 3 amide bonds. The van der Waals surface area contributed by atoms with Crippen LogP contribution in [0.25, 0.3) is 0 Å². The van der Waals surface area contributed by atoms with Crippen molar-refractivity contribution in [3.05, 3.63) is 21.9 Å². The Kier molecular flexibility index (Phi) is 3.32. The molecule has 0 saturated carbocycles. The average molecular weight is 334 g/mol. The number of hydrogen-bond donors (Lipinski definition) is 1. The van der Waals surface area contributed by atoms with Crippen LogP contribution >= 0.6 is 11.3 Å². The van der Waals surface area contributed by atoms with E-state index in [1.807, 2.05) is 6.07 Å². The third-order valence-corrected chi connectivity index (χ3v) is 6.18. The van der Waals surface area contributed by atoms with Gasteiger partial charge in [-0.2, -0.15) is 5.01 Å². The molecule has 23 heavy (non-hydrogen) atoms. The fraction of sp³-hybridized carbons (Fsp3) is 0.562. The van der Waals surface area contributed by atoms with Crippen molar-refractivity contribution < 1.29 is 19.1 Å². The number of rotatable bonds is 3. The molecule has 1 aromatic heterocycles. The Morgan fingerprint density at radius 2 is 1.87 bits per heavy atom. The average Bonchev–Trinajstić information content (AvgIpc) is 3.26. The predicted octanol–water partition coefficient (Wildman–Crippen LogP) is 1.68. The summed E-state index contributed by atoms with van der Waals surface area (Å²) in [6.07, 6.45) is 1.29. The first-order valence-corrected chi connectivity index (χ1v) is 8.78. The van der Waals surface area contributed by atoms with Crippen LogP contribution in [0.2, 0.25) is 0 Å². The second-order valence-corrected chi connectivity index (χ2v) is 7.63. The van der Waals surface area contributed by atoms with Crippen LogP contribution in [0.1, 0.15) is 47.8 Å². The number of nitrogens with zero attached hydrogens (tertiary/aromatic N) is 1. The van der Waals surface area contributed by atoms with Crippen molar-refractivity contribution in [1.82, 2.24) is 10.4 Å². The van der Waals surface area contributed by atoms with Gasteiger partial charge in [-0.15, -0.1) is 11.3 Å². The zero-order valence-electron chi connectivity index (χ0n) is 12.9. The van der Waals surface area contributed by atoms with Crippen molar-refractivity contribution in [2.24, 2.45) is 11.8 Å². The van der Waals surface area contributed by atoms with Crippen molar-refractivity contribution in [2.45, 2.75) is 44.8 Å². The minimum atomic E-state index is -0.421. The normalized spacial score (nSPS) is 32.0. The van der Waals surface area contributed by atoms with Crippen LogP contribution in [0.4, 0.5) is 0 Å². The number of amides is 3. The van der Waals surface area contributed by atoms with Gasteiger partial charge in [0.2, 0.25) is 0 Å². The van der Waals surface area contributed by atoms with Crippen LogP contribution in [0.3, 0.4) is 0 Å². The largest absolute Gasteiger partial charge is 0.373 e. The van der Waals surface area contributed by atoms with Gasteiger partial charge in [0.15, 0.2) is 0 Å². The van der Waals surface area contributed by atoms with Gasteiger partial charge in [-0.25, -0.2) is 0 Å². The number of imide groups is 1. The fourth-order valence-corrected chi connectivity index (χ4v) is 4.67. The number of hydrogen-bond acceptors (Lipinski definition) is 5. The summed E-state index contributed by atoms with van der Waals surface area (Å²) >= 11 is 1.50. The van der Waals surface area contributed by atoms with Crippen LogP contribution in [0.15, 0.2) is 11.4 Å². The van der Waals surface area contributed by atoms with Gasteiger partial charge in [-0.3, -0.25) is 19.8 Å². The molecule has 122 valence electrons. The summed E-state index contributed by atoms with van der Waals surface area (Å²) < 4.78 is 5.67. The van der Waals surface area contributed by atoms with Crippen LogP contribution < -0.4 is 5.43 Å². The van der Waals surface area contributed by atoms with Gasteiger partial charge in [0.25, 0.3) is 17.7 Å². The van der Waals surface area contributed by atoms with E-state index in [1.165, 1.54) is 11.3 Å². The van der Waals surface area contributed by atoms with Gasteiger partial charge < -0.3 is 4.74 Å². The molecule has 3 aliphatic heterocycles. The third kappa shape index (κ3) is 2.14. The van der Waals surface area contributed by atoms with E-state index in [1.54, 1.807) is 5.38 Å². The Balaban J connectivity index is 1.51. The van der Waals surface area contributed by atoms with Gasteiger partial charge >= 0.3 is 0 Å². The van der Waals surface area contributed by atoms with Crippen molar-refractivity contribution in [3.63, 3.8) is 0 Å². The third-order valence-electron chi connectivity index (χ3n) is 4.95. The highest BCUT2D eigenvalue weighted by molar-refractivity contribution is 7.10. The lowest BCUT2D eigenvalue weighted by Crippen LogP contribution is -2.47. The summed E-state index contributed by atoms with van der Waals surface area (Å²) in [4.78, 5) is 38.4. The summed E-state index contributed by atoms with van der Waals surface area (Å²) in [6.45, 7) is 4.11. The van der Waals surface area contributed by atoms with E-state index in [0.29, 0.717) is 11.5 Å². The molecule has 3 aliphatic rings. The van der Waals surface area contributed by atoms with E-state index in [2.05, 4.69) is 19.3 Å². The topological polar surface area (TPSA) is 75.7 Å². The zero-order valence-corrected chi connectivity index (χ0v) is 13.8. The Labute approximate surface area is 137 Å². The number of thiophene rings is 1. The summed E-state index contributed by atoms with van der Waals surface area (Å²) in [5.41, 5.74) is 2.97. The Bertz CT molecular complexity index is 670. The first kappa shape index (κ1) is 14.8. The highest BCUT2D eigenvalue weighted by Gasteiger charge is 2.62. The molecule has 4 atom stereocenters. The number of ether oxygens (including phenoxy) is 1. The molecule has 3 fully saturated rings. The van der Waals surface area contributed by atoms with Crippen molar-refractivity contribution in [3.8, 4) is 0 Å². The second kappa shape index (κ2) is 5.14. The number of carbonyl (C=O) groups is 3. The van der Waals surface area contributed by atoms with Crippen LogP contribution in [-0.2, 0) is 14.3 Å². The lowest BCUT2D eigenvalue weighted by molar-refractivity contribution is -0.145. The highest BCUT2D eigenvalue weighted by atomic mass is 32.1. The van der Waals surface area contributed by atoms with Gasteiger partial charge in [-0.1, -0.05) is 13.8 Å². The quantitative estimate of drug-likeness (QED) is 0.853. The lowest BCUT2D eigenvalue weighted by atomic mass is 9.81. The lowest BCUT2D eigenvalue weighted by Gasteiger charge is -2.17.